The van der Waals surface area contributed by atoms with Gasteiger partial charge in [-0.2, -0.15) is 8.42 Å². The molecule has 0 saturated carbocycles. The average Bonchev–Trinajstić information content (AvgIpc) is 2.73. The molecule has 0 amide bonds. The number of halogens is 4. The van der Waals surface area contributed by atoms with Crippen LogP contribution < -0.4 is 4.31 Å². The molecule has 0 spiro atoms. The Hall–Kier alpha value is -1.96. The van der Waals surface area contributed by atoms with Crippen LogP contribution in [0, 0.1) is 0 Å². The number of ether oxygens (including phenoxy) is 1. The van der Waals surface area contributed by atoms with E-state index in [2.05, 4.69) is 4.40 Å². The number of rotatable bonds is 4. The highest BCUT2D eigenvalue weighted by molar-refractivity contribution is 7.91. The largest absolute Gasteiger partial charge is 0.472 e. The first kappa shape index (κ1) is 22.2. The SMILES string of the molecule is O=S1(=O)N=C(OCc2ccc(Cl)c(Cl)c2)c2ccccc2N1Cc1ccc(Cl)c(Cl)c1. The molecule has 1 aliphatic rings. The van der Waals surface area contributed by atoms with Crippen LogP contribution in [0.2, 0.25) is 20.1 Å². The molecular formula is C21H14Cl4N2O3S. The summed E-state index contributed by atoms with van der Waals surface area (Å²) in [5.74, 6) is 0.00654. The quantitative estimate of drug-likeness (QED) is 0.397. The third-order valence-electron chi connectivity index (χ3n) is 4.55. The zero-order chi connectivity index (χ0) is 22.2. The van der Waals surface area contributed by atoms with Gasteiger partial charge in [0.1, 0.15) is 6.61 Å². The van der Waals surface area contributed by atoms with Gasteiger partial charge in [0.15, 0.2) is 0 Å². The number of hydrogen-bond acceptors (Lipinski definition) is 3. The van der Waals surface area contributed by atoms with E-state index < -0.39 is 10.2 Å². The number of para-hydroxylation sites is 1. The molecule has 0 aromatic heterocycles. The Bertz CT molecular complexity index is 1300. The molecule has 3 aromatic rings. The molecule has 0 unspecified atom stereocenters. The van der Waals surface area contributed by atoms with Crippen molar-refractivity contribution >= 4 is 68.2 Å². The Morgan fingerprint density at radius 3 is 2.10 bits per heavy atom. The molecule has 10 heteroatoms. The summed E-state index contributed by atoms with van der Waals surface area (Å²) in [7, 11) is -4.05. The van der Waals surface area contributed by atoms with Crippen molar-refractivity contribution in [3.05, 3.63) is 97.4 Å². The van der Waals surface area contributed by atoms with Gasteiger partial charge >= 0.3 is 10.2 Å². The topological polar surface area (TPSA) is 59.0 Å². The van der Waals surface area contributed by atoms with Crippen LogP contribution in [0.5, 0.6) is 0 Å². The van der Waals surface area contributed by atoms with Crippen LogP contribution in [-0.4, -0.2) is 14.3 Å². The minimum atomic E-state index is -4.05. The van der Waals surface area contributed by atoms with Crippen LogP contribution in [0.15, 0.2) is 65.1 Å². The van der Waals surface area contributed by atoms with Crippen LogP contribution in [-0.2, 0) is 28.1 Å². The number of anilines is 1. The van der Waals surface area contributed by atoms with Gasteiger partial charge in [-0.3, -0.25) is 0 Å². The molecule has 0 fully saturated rings. The van der Waals surface area contributed by atoms with Gasteiger partial charge in [0.25, 0.3) is 0 Å². The predicted octanol–water partition coefficient (Wildman–Crippen LogP) is 6.53. The normalized spacial score (nSPS) is 14.7. The Balaban J connectivity index is 1.65. The Kier molecular flexibility index (Phi) is 6.37. The van der Waals surface area contributed by atoms with E-state index in [4.69, 9.17) is 51.1 Å². The smallest absolute Gasteiger partial charge is 0.348 e. The molecule has 0 aliphatic carbocycles. The van der Waals surface area contributed by atoms with E-state index in [1.165, 1.54) is 4.31 Å². The van der Waals surface area contributed by atoms with Crippen molar-refractivity contribution in [2.24, 2.45) is 4.40 Å². The monoisotopic (exact) mass is 514 g/mol. The summed E-state index contributed by atoms with van der Waals surface area (Å²) >= 11 is 24.0. The van der Waals surface area contributed by atoms with E-state index in [0.29, 0.717) is 36.9 Å². The van der Waals surface area contributed by atoms with Gasteiger partial charge in [0.2, 0.25) is 5.90 Å². The predicted molar refractivity (Wildman–Crippen MR) is 126 cm³/mol. The molecule has 1 heterocycles. The zero-order valence-corrected chi connectivity index (χ0v) is 19.6. The van der Waals surface area contributed by atoms with Crippen LogP contribution in [0.3, 0.4) is 0 Å². The fourth-order valence-corrected chi connectivity index (χ4v) is 4.88. The second kappa shape index (κ2) is 8.88. The fraction of sp³-hybridized carbons (Fsp3) is 0.0952. The number of hydrogen-bond donors (Lipinski definition) is 0. The van der Waals surface area contributed by atoms with Gasteiger partial charge in [-0.05, 0) is 47.5 Å². The van der Waals surface area contributed by atoms with E-state index in [1.54, 1.807) is 60.7 Å². The van der Waals surface area contributed by atoms with Crippen LogP contribution >= 0.6 is 46.4 Å². The molecule has 0 N–H and O–H groups in total. The summed E-state index contributed by atoms with van der Waals surface area (Å²) in [6.07, 6.45) is 0. The number of fused-ring (bicyclic) bond motifs is 1. The number of benzene rings is 3. The van der Waals surface area contributed by atoms with Crippen molar-refractivity contribution in [1.29, 1.82) is 0 Å². The Morgan fingerprint density at radius 1 is 0.806 bits per heavy atom. The molecule has 5 nitrogen and oxygen atoms in total. The van der Waals surface area contributed by atoms with E-state index in [-0.39, 0.29) is 19.0 Å². The van der Waals surface area contributed by atoms with Crippen molar-refractivity contribution in [1.82, 2.24) is 0 Å². The summed E-state index contributed by atoms with van der Waals surface area (Å²) in [6.45, 7) is 0.117. The lowest BCUT2D eigenvalue weighted by Gasteiger charge is -2.28. The molecule has 0 saturated heterocycles. The molecular weight excluding hydrogens is 502 g/mol. The van der Waals surface area contributed by atoms with Gasteiger partial charge < -0.3 is 4.74 Å². The molecule has 0 radical (unpaired) electrons. The summed E-state index contributed by atoms with van der Waals surface area (Å²) in [5, 5.41) is 1.54. The summed E-state index contributed by atoms with van der Waals surface area (Å²) in [4.78, 5) is 0. The van der Waals surface area contributed by atoms with Gasteiger partial charge in [-0.15, -0.1) is 4.40 Å². The van der Waals surface area contributed by atoms with Crippen molar-refractivity contribution in [2.45, 2.75) is 13.2 Å². The second-order valence-electron chi connectivity index (χ2n) is 6.68. The first-order valence-corrected chi connectivity index (χ1v) is 11.9. The molecule has 1 aliphatic heterocycles. The van der Waals surface area contributed by atoms with Gasteiger partial charge in [0, 0.05) is 0 Å². The van der Waals surface area contributed by atoms with Gasteiger partial charge in [0.05, 0.1) is 37.9 Å². The van der Waals surface area contributed by atoms with Crippen LogP contribution in [0.1, 0.15) is 16.7 Å². The van der Waals surface area contributed by atoms with Gasteiger partial charge in [-0.25, -0.2) is 4.31 Å². The lowest BCUT2D eigenvalue weighted by atomic mass is 10.1. The fourth-order valence-electron chi connectivity index (χ4n) is 3.06. The molecule has 0 atom stereocenters. The molecule has 31 heavy (non-hydrogen) atoms. The zero-order valence-electron chi connectivity index (χ0n) is 15.7. The Labute approximate surface area is 200 Å². The molecule has 160 valence electrons. The first-order chi connectivity index (χ1) is 14.7. The van der Waals surface area contributed by atoms with E-state index in [9.17, 15) is 8.42 Å². The van der Waals surface area contributed by atoms with Crippen molar-refractivity contribution < 1.29 is 13.2 Å². The van der Waals surface area contributed by atoms with Crippen LogP contribution in [0.25, 0.3) is 0 Å². The highest BCUT2D eigenvalue weighted by Gasteiger charge is 2.32. The molecule has 3 aromatic carbocycles. The maximum Gasteiger partial charge on any atom is 0.348 e. The molecule has 0 bridgehead atoms. The highest BCUT2D eigenvalue weighted by atomic mass is 35.5. The maximum atomic E-state index is 13.0. The standard InChI is InChI=1S/C21H14Cl4N2O3S/c22-16-7-5-13(9-18(16)24)11-27-20-4-2-1-3-15(20)21(26-31(27,28)29)30-12-14-6-8-17(23)19(25)10-14/h1-10H,11-12H2. The van der Waals surface area contributed by atoms with Crippen molar-refractivity contribution in [3.8, 4) is 0 Å². The van der Waals surface area contributed by atoms with Gasteiger partial charge in [-0.1, -0.05) is 70.7 Å². The van der Waals surface area contributed by atoms with Crippen LogP contribution in [0.4, 0.5) is 5.69 Å². The summed E-state index contributed by atoms with van der Waals surface area (Å²) in [5.41, 5.74) is 2.40. The third kappa shape index (κ3) is 4.78. The average molecular weight is 516 g/mol. The maximum absolute atomic E-state index is 13.0. The second-order valence-corrected chi connectivity index (χ2v) is 9.83. The lowest BCUT2D eigenvalue weighted by Crippen LogP contribution is -2.35. The Morgan fingerprint density at radius 2 is 1.42 bits per heavy atom. The van der Waals surface area contributed by atoms with E-state index >= 15 is 0 Å². The van der Waals surface area contributed by atoms with Crippen molar-refractivity contribution in [3.63, 3.8) is 0 Å². The summed E-state index contributed by atoms with van der Waals surface area (Å²) in [6, 6.07) is 17.0. The van der Waals surface area contributed by atoms with E-state index in [1.807, 2.05) is 0 Å². The lowest BCUT2D eigenvalue weighted by molar-refractivity contribution is 0.294. The number of nitrogens with zero attached hydrogens (tertiary/aromatic N) is 2. The minimum absolute atomic E-state index is 0.00654. The summed E-state index contributed by atoms with van der Waals surface area (Å²) < 4.78 is 36.8. The van der Waals surface area contributed by atoms with Crippen molar-refractivity contribution in [2.75, 3.05) is 4.31 Å². The first-order valence-electron chi connectivity index (χ1n) is 8.97. The van der Waals surface area contributed by atoms with E-state index in [0.717, 1.165) is 5.56 Å². The third-order valence-corrected chi connectivity index (χ3v) is 7.31. The highest BCUT2D eigenvalue weighted by Crippen LogP contribution is 2.33. The minimum Gasteiger partial charge on any atom is -0.472 e. The molecule has 4 rings (SSSR count).